The fourth-order valence-electron chi connectivity index (χ4n) is 1.41. The van der Waals surface area contributed by atoms with Gasteiger partial charge in [0.1, 0.15) is 5.75 Å². The zero-order chi connectivity index (χ0) is 13.8. The number of alkyl halides is 3. The number of rotatable bonds is 4. The lowest BCUT2D eigenvalue weighted by molar-refractivity contribution is -0.184. The lowest BCUT2D eigenvalue weighted by Gasteiger charge is -2.18. The Morgan fingerprint density at radius 2 is 1.83 bits per heavy atom. The number of halogens is 3. The molecule has 0 unspecified atom stereocenters. The fourth-order valence-corrected chi connectivity index (χ4v) is 1.41. The van der Waals surface area contributed by atoms with Crippen LogP contribution >= 0.6 is 0 Å². The number of hydrogen-bond acceptors (Lipinski definition) is 2. The lowest BCUT2D eigenvalue weighted by atomic mass is 10.1. The van der Waals surface area contributed by atoms with Crippen molar-refractivity contribution in [3.05, 3.63) is 29.8 Å². The number of nitrogens with zero attached hydrogens (tertiary/aromatic N) is 1. The van der Waals surface area contributed by atoms with Gasteiger partial charge >= 0.3 is 12.1 Å². The zero-order valence-electron chi connectivity index (χ0n) is 10.1. The molecule has 1 amide bonds. The van der Waals surface area contributed by atoms with Crippen LogP contribution in [-0.4, -0.2) is 37.7 Å². The van der Waals surface area contributed by atoms with Crippen molar-refractivity contribution >= 4 is 5.91 Å². The first-order valence-corrected chi connectivity index (χ1v) is 5.30. The average Bonchev–Trinajstić information content (AvgIpc) is 2.34. The number of methoxy groups -OCH3 is 1. The number of carbonyl (C=O) groups excluding carboxylic acids is 1. The molecule has 18 heavy (non-hydrogen) atoms. The van der Waals surface area contributed by atoms with Gasteiger partial charge in [0.2, 0.25) is 0 Å². The molecule has 3 nitrogen and oxygen atoms in total. The Morgan fingerprint density at radius 3 is 2.28 bits per heavy atom. The third-order valence-corrected chi connectivity index (χ3v) is 2.48. The third kappa shape index (κ3) is 3.94. The number of hydrogen-bond donors (Lipinski definition) is 0. The molecule has 100 valence electrons. The van der Waals surface area contributed by atoms with Crippen LogP contribution in [0.3, 0.4) is 0 Å². The molecule has 0 radical (unpaired) electrons. The molecule has 0 heterocycles. The van der Waals surface area contributed by atoms with Gasteiger partial charge in [-0.1, -0.05) is 12.1 Å². The first kappa shape index (κ1) is 14.3. The van der Waals surface area contributed by atoms with Crippen LogP contribution in [0.1, 0.15) is 5.56 Å². The molecule has 0 saturated carbocycles. The van der Waals surface area contributed by atoms with Gasteiger partial charge in [-0.25, -0.2) is 0 Å². The van der Waals surface area contributed by atoms with Gasteiger partial charge in [-0.05, 0) is 24.1 Å². The van der Waals surface area contributed by atoms with E-state index in [1.54, 1.807) is 24.3 Å². The Balaban J connectivity index is 2.52. The minimum Gasteiger partial charge on any atom is -0.497 e. The van der Waals surface area contributed by atoms with Gasteiger partial charge in [0.15, 0.2) is 0 Å². The molecule has 0 bridgehead atoms. The van der Waals surface area contributed by atoms with Gasteiger partial charge < -0.3 is 9.64 Å². The van der Waals surface area contributed by atoms with Crippen molar-refractivity contribution in [1.29, 1.82) is 0 Å². The van der Waals surface area contributed by atoms with E-state index in [2.05, 4.69) is 0 Å². The molecule has 0 fully saturated rings. The predicted octanol–water partition coefficient (Wildman–Crippen LogP) is 2.26. The van der Waals surface area contributed by atoms with Gasteiger partial charge in [-0.2, -0.15) is 13.2 Å². The molecule has 1 aromatic rings. The SMILES string of the molecule is COc1ccc(CCN(C)C(=O)C(F)(F)F)cc1. The standard InChI is InChI=1S/C12H14F3NO2/c1-16(11(17)12(13,14)15)8-7-9-3-5-10(18-2)6-4-9/h3-6H,7-8H2,1-2H3. The van der Waals surface area contributed by atoms with E-state index >= 15 is 0 Å². The maximum atomic E-state index is 12.1. The molecule has 0 aromatic heterocycles. The van der Waals surface area contributed by atoms with Crippen molar-refractivity contribution in [2.75, 3.05) is 20.7 Å². The first-order chi connectivity index (χ1) is 8.34. The Kier molecular flexibility index (Phi) is 4.58. The van der Waals surface area contributed by atoms with E-state index in [0.717, 1.165) is 12.6 Å². The van der Waals surface area contributed by atoms with Crippen molar-refractivity contribution in [2.45, 2.75) is 12.6 Å². The number of likely N-dealkylation sites (N-methyl/N-ethyl adjacent to an activating group) is 1. The predicted molar refractivity (Wildman–Crippen MR) is 60.4 cm³/mol. The van der Waals surface area contributed by atoms with E-state index in [0.29, 0.717) is 17.1 Å². The molecule has 1 aromatic carbocycles. The first-order valence-electron chi connectivity index (χ1n) is 5.30. The van der Waals surface area contributed by atoms with Crippen LogP contribution < -0.4 is 4.74 Å². The quantitative estimate of drug-likeness (QED) is 0.832. The van der Waals surface area contributed by atoms with E-state index in [4.69, 9.17) is 4.74 Å². The summed E-state index contributed by atoms with van der Waals surface area (Å²) >= 11 is 0. The molecule has 0 spiro atoms. The summed E-state index contributed by atoms with van der Waals surface area (Å²) in [4.78, 5) is 11.5. The minimum atomic E-state index is -4.81. The van der Waals surface area contributed by atoms with Gasteiger partial charge in [0.05, 0.1) is 7.11 Å². The second kappa shape index (κ2) is 5.75. The van der Waals surface area contributed by atoms with Crippen molar-refractivity contribution in [3.8, 4) is 5.75 Å². The van der Waals surface area contributed by atoms with Crippen LogP contribution in [0, 0.1) is 0 Å². The molecule has 0 aliphatic rings. The summed E-state index contributed by atoms with van der Waals surface area (Å²) in [5, 5.41) is 0. The highest BCUT2D eigenvalue weighted by atomic mass is 19.4. The summed E-state index contributed by atoms with van der Waals surface area (Å²) in [6.45, 7) is 0.0185. The van der Waals surface area contributed by atoms with Crippen LogP contribution in [0.4, 0.5) is 13.2 Å². The number of carbonyl (C=O) groups is 1. The molecule has 0 aliphatic heterocycles. The van der Waals surface area contributed by atoms with Gasteiger partial charge in [0, 0.05) is 13.6 Å². The smallest absolute Gasteiger partial charge is 0.471 e. The number of amides is 1. The molecule has 1 rings (SSSR count). The highest BCUT2D eigenvalue weighted by molar-refractivity contribution is 5.81. The molecular weight excluding hydrogens is 247 g/mol. The molecule has 0 atom stereocenters. The summed E-state index contributed by atoms with van der Waals surface area (Å²) in [5.74, 6) is -1.14. The Labute approximate surface area is 103 Å². The monoisotopic (exact) mass is 261 g/mol. The second-order valence-corrected chi connectivity index (χ2v) is 3.82. The summed E-state index contributed by atoms with van der Waals surface area (Å²) in [5.41, 5.74) is 0.845. The van der Waals surface area contributed by atoms with Crippen molar-refractivity contribution in [3.63, 3.8) is 0 Å². The van der Waals surface area contributed by atoms with Crippen molar-refractivity contribution < 1.29 is 22.7 Å². The van der Waals surface area contributed by atoms with E-state index in [-0.39, 0.29) is 6.54 Å². The van der Waals surface area contributed by atoms with Crippen LogP contribution in [0.5, 0.6) is 5.75 Å². The van der Waals surface area contributed by atoms with Crippen molar-refractivity contribution in [2.24, 2.45) is 0 Å². The van der Waals surface area contributed by atoms with E-state index in [1.807, 2.05) is 0 Å². The highest BCUT2D eigenvalue weighted by Gasteiger charge is 2.40. The Hall–Kier alpha value is -1.72. The van der Waals surface area contributed by atoms with Crippen LogP contribution in [0.25, 0.3) is 0 Å². The van der Waals surface area contributed by atoms with E-state index < -0.39 is 12.1 Å². The minimum absolute atomic E-state index is 0.0185. The summed E-state index contributed by atoms with van der Waals surface area (Å²) in [6, 6.07) is 6.96. The molecule has 6 heteroatoms. The van der Waals surface area contributed by atoms with E-state index in [1.165, 1.54) is 7.11 Å². The van der Waals surface area contributed by atoms with Gasteiger partial charge in [-0.15, -0.1) is 0 Å². The maximum absolute atomic E-state index is 12.1. The highest BCUT2D eigenvalue weighted by Crippen LogP contribution is 2.18. The van der Waals surface area contributed by atoms with Crippen LogP contribution in [0.2, 0.25) is 0 Å². The fraction of sp³-hybridized carbons (Fsp3) is 0.417. The molecule has 0 saturated heterocycles. The Morgan fingerprint density at radius 1 is 1.28 bits per heavy atom. The van der Waals surface area contributed by atoms with Crippen LogP contribution in [-0.2, 0) is 11.2 Å². The molecular formula is C12H14F3NO2. The third-order valence-electron chi connectivity index (χ3n) is 2.48. The molecule has 0 N–H and O–H groups in total. The van der Waals surface area contributed by atoms with Gasteiger partial charge in [0.25, 0.3) is 0 Å². The normalized spacial score (nSPS) is 11.2. The average molecular weight is 261 g/mol. The summed E-state index contributed by atoms with van der Waals surface area (Å²) < 4.78 is 41.3. The topological polar surface area (TPSA) is 29.5 Å². The largest absolute Gasteiger partial charge is 0.497 e. The zero-order valence-corrected chi connectivity index (χ0v) is 10.1. The number of ether oxygens (including phenoxy) is 1. The summed E-state index contributed by atoms with van der Waals surface area (Å²) in [6.07, 6.45) is -4.45. The van der Waals surface area contributed by atoms with E-state index in [9.17, 15) is 18.0 Å². The van der Waals surface area contributed by atoms with Gasteiger partial charge in [-0.3, -0.25) is 4.79 Å². The molecule has 0 aliphatic carbocycles. The second-order valence-electron chi connectivity index (χ2n) is 3.82. The summed E-state index contributed by atoms with van der Waals surface area (Å²) in [7, 11) is 2.67. The number of benzene rings is 1. The van der Waals surface area contributed by atoms with Crippen LogP contribution in [0.15, 0.2) is 24.3 Å². The van der Waals surface area contributed by atoms with Crippen molar-refractivity contribution in [1.82, 2.24) is 4.90 Å². The Bertz CT molecular complexity index is 401. The lowest BCUT2D eigenvalue weighted by Crippen LogP contribution is -2.39. The maximum Gasteiger partial charge on any atom is 0.471 e.